The molecule has 2 heterocycles. The zero-order valence-corrected chi connectivity index (χ0v) is 18.7. The number of thiazole rings is 1. The van der Waals surface area contributed by atoms with Gasteiger partial charge in [-0.15, -0.1) is 11.3 Å². The van der Waals surface area contributed by atoms with Gasteiger partial charge in [-0.3, -0.25) is 14.4 Å². The Hall–Kier alpha value is -3.98. The summed E-state index contributed by atoms with van der Waals surface area (Å²) in [7, 11) is 0. The average molecular weight is 463 g/mol. The summed E-state index contributed by atoms with van der Waals surface area (Å²) in [6, 6.07) is 17.2. The van der Waals surface area contributed by atoms with E-state index in [4.69, 9.17) is 4.42 Å². The Morgan fingerprint density at radius 1 is 0.970 bits per heavy atom. The van der Waals surface area contributed by atoms with Gasteiger partial charge in [0.15, 0.2) is 10.9 Å². The Bertz CT molecular complexity index is 1310. The predicted molar refractivity (Wildman–Crippen MR) is 127 cm³/mol. The highest BCUT2D eigenvalue weighted by Crippen LogP contribution is 2.26. The Balaban J connectivity index is 1.28. The van der Waals surface area contributed by atoms with Gasteiger partial charge in [0.1, 0.15) is 11.5 Å². The molecule has 0 saturated carbocycles. The van der Waals surface area contributed by atoms with Gasteiger partial charge in [-0.2, -0.15) is 0 Å². The van der Waals surface area contributed by atoms with E-state index in [9.17, 15) is 14.4 Å². The number of amides is 3. The van der Waals surface area contributed by atoms with Crippen molar-refractivity contribution in [2.24, 2.45) is 0 Å². The van der Waals surface area contributed by atoms with Gasteiger partial charge in [-0.05, 0) is 28.5 Å². The number of hydrogen-bond donors (Lipinski definition) is 3. The van der Waals surface area contributed by atoms with Crippen LogP contribution in [-0.4, -0.2) is 29.3 Å². The normalized spacial score (nSPS) is 10.7. The lowest BCUT2D eigenvalue weighted by atomic mass is 10.0. The molecule has 3 amide bonds. The summed E-state index contributed by atoms with van der Waals surface area (Å²) in [4.78, 5) is 40.0. The third-order valence-corrected chi connectivity index (χ3v) is 5.61. The number of nitrogens with zero attached hydrogens (tertiary/aromatic N) is 1. The van der Waals surface area contributed by atoms with Gasteiger partial charge >= 0.3 is 0 Å². The van der Waals surface area contributed by atoms with Crippen molar-refractivity contribution in [2.45, 2.75) is 19.9 Å². The molecule has 8 nitrogen and oxygen atoms in total. The Kier molecular flexibility index (Phi) is 6.80. The zero-order chi connectivity index (χ0) is 23.2. The third kappa shape index (κ3) is 5.83. The molecule has 2 aromatic carbocycles. The smallest absolute Gasteiger partial charge is 0.245 e. The number of furan rings is 1. The van der Waals surface area contributed by atoms with E-state index in [2.05, 4.69) is 20.9 Å². The fourth-order valence-corrected chi connectivity index (χ4v) is 4.01. The molecule has 4 rings (SSSR count). The number of fused-ring (bicyclic) bond motifs is 1. The second kappa shape index (κ2) is 10.1. The van der Waals surface area contributed by atoms with Gasteiger partial charge in [-0.25, -0.2) is 4.98 Å². The molecule has 33 heavy (non-hydrogen) atoms. The molecule has 0 saturated heterocycles. The van der Waals surface area contributed by atoms with Crippen LogP contribution in [0, 0.1) is 0 Å². The number of carbonyl (C=O) groups is 3. The van der Waals surface area contributed by atoms with Crippen LogP contribution in [0.25, 0.3) is 22.2 Å². The second-order valence-corrected chi connectivity index (χ2v) is 8.21. The highest BCUT2D eigenvalue weighted by Gasteiger charge is 2.13. The predicted octanol–water partition coefficient (Wildman–Crippen LogP) is 3.49. The quantitative estimate of drug-likeness (QED) is 0.371. The van der Waals surface area contributed by atoms with Crippen LogP contribution in [0.4, 0.5) is 5.13 Å². The van der Waals surface area contributed by atoms with E-state index >= 15 is 0 Å². The van der Waals surface area contributed by atoms with Gasteiger partial charge in [0.2, 0.25) is 17.7 Å². The molecule has 168 valence electrons. The summed E-state index contributed by atoms with van der Waals surface area (Å²) in [6.45, 7) is 1.58. The Morgan fingerprint density at radius 2 is 1.79 bits per heavy atom. The standard InChI is InChI=1S/C24H22N4O4S/c1-15(29)25-12-18-9-10-21(32-18)20-14-33-24(27-20)28-23(31)13-26-22(30)11-17-7-4-6-16-5-2-3-8-19(16)17/h2-10,14H,11-13H2,1H3,(H,25,29)(H,26,30)(H,27,28,31). The summed E-state index contributed by atoms with van der Waals surface area (Å²) >= 11 is 1.25. The molecule has 0 aliphatic carbocycles. The first kappa shape index (κ1) is 22.2. The maximum atomic E-state index is 12.4. The molecule has 0 spiro atoms. The third-order valence-electron chi connectivity index (χ3n) is 4.85. The topological polar surface area (TPSA) is 113 Å². The number of aromatic nitrogens is 1. The molecule has 3 N–H and O–H groups in total. The molecule has 0 unspecified atom stereocenters. The van der Waals surface area contributed by atoms with Crippen LogP contribution in [0.1, 0.15) is 18.2 Å². The number of carbonyl (C=O) groups excluding carboxylic acids is 3. The minimum Gasteiger partial charge on any atom is -0.458 e. The zero-order valence-electron chi connectivity index (χ0n) is 17.9. The minimum absolute atomic E-state index is 0.143. The summed E-state index contributed by atoms with van der Waals surface area (Å²) < 4.78 is 5.66. The molecule has 0 aliphatic rings. The van der Waals surface area contributed by atoms with E-state index in [1.165, 1.54) is 18.3 Å². The fraction of sp³-hybridized carbons (Fsp3) is 0.167. The largest absolute Gasteiger partial charge is 0.458 e. The number of nitrogens with one attached hydrogen (secondary N) is 3. The maximum absolute atomic E-state index is 12.4. The van der Waals surface area contributed by atoms with Crippen molar-refractivity contribution < 1.29 is 18.8 Å². The van der Waals surface area contributed by atoms with Crippen LogP contribution < -0.4 is 16.0 Å². The highest BCUT2D eigenvalue weighted by atomic mass is 32.1. The van der Waals surface area contributed by atoms with Crippen molar-refractivity contribution >= 4 is 45.0 Å². The molecule has 0 fully saturated rings. The molecule has 4 aromatic rings. The monoisotopic (exact) mass is 462 g/mol. The number of anilines is 1. The van der Waals surface area contributed by atoms with Crippen LogP contribution in [0.5, 0.6) is 0 Å². The van der Waals surface area contributed by atoms with Crippen molar-refractivity contribution in [3.63, 3.8) is 0 Å². The molecule has 0 bridgehead atoms. The van der Waals surface area contributed by atoms with E-state index in [0.717, 1.165) is 16.3 Å². The molecule has 0 aliphatic heterocycles. The van der Waals surface area contributed by atoms with Crippen LogP contribution >= 0.6 is 11.3 Å². The first-order valence-corrected chi connectivity index (χ1v) is 11.2. The number of benzene rings is 2. The van der Waals surface area contributed by atoms with Crippen molar-refractivity contribution in [3.05, 3.63) is 71.3 Å². The lowest BCUT2D eigenvalue weighted by molar-refractivity contribution is -0.123. The van der Waals surface area contributed by atoms with Crippen LogP contribution in [-0.2, 0) is 27.3 Å². The van der Waals surface area contributed by atoms with Gasteiger partial charge in [0, 0.05) is 12.3 Å². The lowest BCUT2D eigenvalue weighted by Crippen LogP contribution is -2.33. The van der Waals surface area contributed by atoms with E-state index in [1.807, 2.05) is 42.5 Å². The Morgan fingerprint density at radius 3 is 2.64 bits per heavy atom. The van der Waals surface area contributed by atoms with Crippen molar-refractivity contribution in [1.29, 1.82) is 0 Å². The minimum atomic E-state index is -0.368. The number of rotatable bonds is 8. The van der Waals surface area contributed by atoms with Gasteiger partial charge < -0.3 is 20.4 Å². The van der Waals surface area contributed by atoms with Crippen molar-refractivity contribution in [1.82, 2.24) is 15.6 Å². The molecule has 9 heteroatoms. The van der Waals surface area contributed by atoms with Crippen LogP contribution in [0.2, 0.25) is 0 Å². The SMILES string of the molecule is CC(=O)NCc1ccc(-c2csc(NC(=O)CNC(=O)Cc3cccc4ccccc34)n2)o1. The van der Waals surface area contributed by atoms with Crippen molar-refractivity contribution in [2.75, 3.05) is 11.9 Å². The highest BCUT2D eigenvalue weighted by molar-refractivity contribution is 7.14. The molecule has 0 radical (unpaired) electrons. The van der Waals surface area contributed by atoms with Gasteiger partial charge in [0.25, 0.3) is 0 Å². The summed E-state index contributed by atoms with van der Waals surface area (Å²) in [5.74, 6) is 0.399. The Labute approximate surface area is 194 Å². The van der Waals surface area contributed by atoms with Gasteiger partial charge in [0.05, 0.1) is 19.5 Å². The molecular formula is C24H22N4O4S. The first-order valence-electron chi connectivity index (χ1n) is 10.3. The lowest BCUT2D eigenvalue weighted by Gasteiger charge is -2.08. The van der Waals surface area contributed by atoms with Crippen LogP contribution in [0.3, 0.4) is 0 Å². The van der Waals surface area contributed by atoms with E-state index in [1.54, 1.807) is 17.5 Å². The second-order valence-electron chi connectivity index (χ2n) is 7.35. The van der Waals surface area contributed by atoms with E-state index in [-0.39, 0.29) is 30.7 Å². The first-order chi connectivity index (χ1) is 16.0. The maximum Gasteiger partial charge on any atom is 0.245 e. The summed E-state index contributed by atoms with van der Waals surface area (Å²) in [5.41, 5.74) is 1.48. The van der Waals surface area contributed by atoms with Crippen LogP contribution in [0.15, 0.2) is 64.4 Å². The fourth-order valence-electron chi connectivity index (χ4n) is 3.29. The van der Waals surface area contributed by atoms with Gasteiger partial charge in [-0.1, -0.05) is 42.5 Å². The summed E-state index contributed by atoms with van der Waals surface area (Å²) in [5, 5.41) is 12.2. The van der Waals surface area contributed by atoms with Crippen molar-refractivity contribution in [3.8, 4) is 11.5 Å². The summed E-state index contributed by atoms with van der Waals surface area (Å²) in [6.07, 6.45) is 0.190. The molecular weight excluding hydrogens is 440 g/mol. The average Bonchev–Trinajstić information content (AvgIpc) is 3.46. The number of hydrogen-bond acceptors (Lipinski definition) is 6. The van der Waals surface area contributed by atoms with E-state index < -0.39 is 0 Å². The molecule has 2 aromatic heterocycles. The van der Waals surface area contributed by atoms with E-state index in [0.29, 0.717) is 28.9 Å². The molecule has 0 atom stereocenters.